The first-order chi connectivity index (χ1) is 22.5. The van der Waals surface area contributed by atoms with Crippen molar-refractivity contribution in [3.8, 4) is 5.69 Å². The average molecular weight is 634 g/mol. The van der Waals surface area contributed by atoms with Gasteiger partial charge >= 0.3 is 0 Å². The Morgan fingerprint density at radius 2 is 1.41 bits per heavy atom. The Hall–Kier alpha value is -4.68. The molecule has 1 saturated heterocycles. The third kappa shape index (κ3) is 5.85. The highest BCUT2D eigenvalue weighted by molar-refractivity contribution is 7.99. The van der Waals surface area contributed by atoms with Gasteiger partial charge in [-0.05, 0) is 51.4 Å². The number of benzene rings is 4. The summed E-state index contributed by atoms with van der Waals surface area (Å²) in [6.45, 7) is 2.25. The zero-order chi connectivity index (χ0) is 31.6. The molecule has 11 heteroatoms. The summed E-state index contributed by atoms with van der Waals surface area (Å²) in [6.07, 6.45) is -1.16. The third-order valence-electron chi connectivity index (χ3n) is 8.41. The number of fused-ring (bicyclic) bond motifs is 1. The van der Waals surface area contributed by atoms with E-state index in [1.165, 1.54) is 16.7 Å². The van der Waals surface area contributed by atoms with Crippen molar-refractivity contribution in [3.63, 3.8) is 0 Å². The Morgan fingerprint density at radius 3 is 2.09 bits per heavy atom. The summed E-state index contributed by atoms with van der Waals surface area (Å²) in [7, 11) is 0. The molecular formula is C35H31N5O5S. The molecule has 10 nitrogen and oxygen atoms in total. The van der Waals surface area contributed by atoms with Gasteiger partial charge in [0, 0.05) is 17.2 Å². The van der Waals surface area contributed by atoms with E-state index in [2.05, 4.69) is 22.4 Å². The molecule has 0 spiro atoms. The molecular weight excluding hydrogens is 602 g/mol. The number of hydrogen-bond donors (Lipinski definition) is 1. The van der Waals surface area contributed by atoms with Crippen LogP contribution in [0.25, 0.3) is 5.69 Å². The van der Waals surface area contributed by atoms with Gasteiger partial charge in [0.05, 0.1) is 42.2 Å². The van der Waals surface area contributed by atoms with Crippen molar-refractivity contribution in [2.24, 2.45) is 5.92 Å². The molecule has 2 aliphatic heterocycles. The minimum atomic E-state index is -0.664. The molecule has 2 amide bonds. The molecule has 0 bridgehead atoms. The molecule has 1 fully saturated rings. The predicted molar refractivity (Wildman–Crippen MR) is 170 cm³/mol. The zero-order valence-electron chi connectivity index (χ0n) is 25.0. The molecule has 2 aliphatic rings. The highest BCUT2D eigenvalue weighted by Gasteiger charge is 2.39. The molecule has 3 heterocycles. The van der Waals surface area contributed by atoms with Crippen LogP contribution in [0.4, 0.5) is 0 Å². The van der Waals surface area contributed by atoms with Gasteiger partial charge in [-0.15, -0.1) is 5.10 Å². The Labute approximate surface area is 270 Å². The normalized spacial score (nSPS) is 21.0. The van der Waals surface area contributed by atoms with Gasteiger partial charge in [-0.3, -0.25) is 14.5 Å². The summed E-state index contributed by atoms with van der Waals surface area (Å²) >= 11 is 1.52. The van der Waals surface area contributed by atoms with Gasteiger partial charge in [0.15, 0.2) is 6.29 Å². The van der Waals surface area contributed by atoms with Gasteiger partial charge in [0.2, 0.25) is 5.16 Å². The van der Waals surface area contributed by atoms with E-state index in [9.17, 15) is 14.7 Å². The molecule has 1 N–H and O–H groups in total. The minimum absolute atomic E-state index is 0.0159. The number of para-hydroxylation sites is 1. The number of imide groups is 1. The Balaban J connectivity index is 1.11. The lowest BCUT2D eigenvalue weighted by atomic mass is 9.91. The quantitative estimate of drug-likeness (QED) is 0.165. The summed E-state index contributed by atoms with van der Waals surface area (Å²) in [5, 5.41) is 22.6. The fraction of sp³-hybridized carbons (Fsp3) is 0.229. The van der Waals surface area contributed by atoms with Gasteiger partial charge in [0.1, 0.15) is 0 Å². The Morgan fingerprint density at radius 1 is 0.783 bits per heavy atom. The van der Waals surface area contributed by atoms with Crippen molar-refractivity contribution in [1.82, 2.24) is 25.1 Å². The standard InChI is InChI=1S/C35H31N5O5S/c1-22-30(21-46-35-36-37-38-40(35)27-7-3-2-4-8-27)44-34(45-31(22)25-15-13-24(20-41)14-16-25)26-17-11-23(12-18-26)19-39-32(42)28-9-5-6-10-29(28)33(39)43/h2-18,22,30-31,34,41H,19-21H2,1H3. The number of carbonyl (C=O) groups is 2. The van der Waals surface area contributed by atoms with Crippen LogP contribution in [-0.2, 0) is 22.6 Å². The van der Waals surface area contributed by atoms with Crippen LogP contribution in [-0.4, -0.2) is 53.9 Å². The largest absolute Gasteiger partial charge is 0.392 e. The second-order valence-electron chi connectivity index (χ2n) is 11.3. The number of aliphatic hydroxyl groups is 1. The second kappa shape index (κ2) is 13.0. The maximum absolute atomic E-state index is 12.9. The number of aromatic nitrogens is 4. The maximum Gasteiger partial charge on any atom is 0.261 e. The van der Waals surface area contributed by atoms with Crippen LogP contribution in [0.3, 0.4) is 0 Å². The van der Waals surface area contributed by atoms with Gasteiger partial charge in [-0.25, -0.2) is 0 Å². The number of ether oxygens (including phenoxy) is 2. The number of rotatable bonds is 9. The van der Waals surface area contributed by atoms with Crippen molar-refractivity contribution in [1.29, 1.82) is 0 Å². The summed E-state index contributed by atoms with van der Waals surface area (Å²) in [6, 6.07) is 32.0. The van der Waals surface area contributed by atoms with E-state index >= 15 is 0 Å². The van der Waals surface area contributed by atoms with E-state index in [1.807, 2.05) is 78.9 Å². The number of nitrogens with zero attached hydrogens (tertiary/aromatic N) is 5. The highest BCUT2D eigenvalue weighted by atomic mass is 32.2. The molecule has 1 aromatic heterocycles. The maximum atomic E-state index is 12.9. The van der Waals surface area contributed by atoms with Crippen LogP contribution >= 0.6 is 11.8 Å². The fourth-order valence-corrected chi connectivity index (χ4v) is 6.87. The first-order valence-electron chi connectivity index (χ1n) is 15.0. The van der Waals surface area contributed by atoms with Crippen LogP contribution in [0, 0.1) is 5.92 Å². The smallest absolute Gasteiger partial charge is 0.261 e. The first kappa shape index (κ1) is 30.0. The molecule has 0 aliphatic carbocycles. The van der Waals surface area contributed by atoms with E-state index in [-0.39, 0.29) is 43.1 Å². The number of tetrazole rings is 1. The summed E-state index contributed by atoms with van der Waals surface area (Å²) in [4.78, 5) is 27.1. The summed E-state index contributed by atoms with van der Waals surface area (Å²) in [5.74, 6) is -0.00686. The topological polar surface area (TPSA) is 120 Å². The summed E-state index contributed by atoms with van der Waals surface area (Å²) < 4.78 is 14.9. The number of amides is 2. The Kier molecular flexibility index (Phi) is 8.46. The number of carbonyl (C=O) groups excluding carboxylic acids is 2. The number of thioether (sulfide) groups is 1. The first-order valence-corrected chi connectivity index (χ1v) is 16.0. The van der Waals surface area contributed by atoms with Gasteiger partial charge < -0.3 is 14.6 Å². The van der Waals surface area contributed by atoms with Crippen LogP contribution in [0.2, 0.25) is 0 Å². The highest BCUT2D eigenvalue weighted by Crippen LogP contribution is 2.43. The zero-order valence-corrected chi connectivity index (χ0v) is 25.8. The molecule has 4 atom stereocenters. The number of hydrogen-bond acceptors (Lipinski definition) is 9. The van der Waals surface area contributed by atoms with E-state index in [1.54, 1.807) is 28.9 Å². The third-order valence-corrected chi connectivity index (χ3v) is 9.42. The molecule has 7 rings (SSSR count). The van der Waals surface area contributed by atoms with Crippen molar-refractivity contribution in [3.05, 3.63) is 137 Å². The SMILES string of the molecule is CC1C(CSc2nnnn2-c2ccccc2)OC(c2ccc(CN3C(=O)c4ccccc4C3=O)cc2)OC1c1ccc(CO)cc1. The monoisotopic (exact) mass is 633 g/mol. The van der Waals surface area contributed by atoms with E-state index in [0.717, 1.165) is 27.9 Å². The lowest BCUT2D eigenvalue weighted by Crippen LogP contribution is -2.38. The van der Waals surface area contributed by atoms with Crippen LogP contribution in [0.5, 0.6) is 0 Å². The van der Waals surface area contributed by atoms with Crippen molar-refractivity contribution >= 4 is 23.6 Å². The average Bonchev–Trinajstić information content (AvgIpc) is 3.67. The molecule has 4 unspecified atom stereocenters. The molecule has 0 saturated carbocycles. The van der Waals surface area contributed by atoms with Gasteiger partial charge in [-0.2, -0.15) is 4.68 Å². The fourth-order valence-electron chi connectivity index (χ4n) is 5.81. The Bertz CT molecular complexity index is 1810. The second-order valence-corrected chi connectivity index (χ2v) is 12.3. The van der Waals surface area contributed by atoms with E-state index < -0.39 is 6.29 Å². The van der Waals surface area contributed by atoms with Crippen molar-refractivity contribution in [2.75, 3.05) is 5.75 Å². The van der Waals surface area contributed by atoms with Gasteiger partial charge in [0.25, 0.3) is 11.8 Å². The van der Waals surface area contributed by atoms with Crippen molar-refractivity contribution < 1.29 is 24.2 Å². The van der Waals surface area contributed by atoms with Crippen molar-refractivity contribution in [2.45, 2.75) is 43.7 Å². The lowest BCUT2D eigenvalue weighted by molar-refractivity contribution is -0.268. The van der Waals surface area contributed by atoms with Crippen LogP contribution in [0.1, 0.15) is 62.3 Å². The number of aliphatic hydroxyl groups excluding tert-OH is 1. The molecule has 4 aromatic carbocycles. The predicted octanol–water partition coefficient (Wildman–Crippen LogP) is 5.53. The molecule has 5 aromatic rings. The van der Waals surface area contributed by atoms with E-state index in [0.29, 0.717) is 22.0 Å². The van der Waals surface area contributed by atoms with Crippen LogP contribution in [0.15, 0.2) is 108 Å². The molecule has 46 heavy (non-hydrogen) atoms. The molecule has 232 valence electrons. The van der Waals surface area contributed by atoms with E-state index in [4.69, 9.17) is 9.47 Å². The lowest BCUT2D eigenvalue weighted by Gasteiger charge is -2.41. The van der Waals surface area contributed by atoms with Crippen LogP contribution < -0.4 is 0 Å². The molecule has 0 radical (unpaired) electrons. The van der Waals surface area contributed by atoms with Gasteiger partial charge in [-0.1, -0.05) is 97.5 Å². The summed E-state index contributed by atoms with van der Waals surface area (Å²) in [5.41, 5.74) is 5.19. The minimum Gasteiger partial charge on any atom is -0.392 e.